The van der Waals surface area contributed by atoms with E-state index in [2.05, 4.69) is 83.2 Å². The van der Waals surface area contributed by atoms with Gasteiger partial charge in [0.15, 0.2) is 0 Å². The van der Waals surface area contributed by atoms with E-state index in [1.807, 2.05) is 6.92 Å². The van der Waals surface area contributed by atoms with Crippen LogP contribution < -0.4 is 20.7 Å². The molecule has 0 aliphatic carbocycles. The first kappa shape index (κ1) is 23.1. The number of nitrogens with two attached hydrogens (primary N) is 1. The highest BCUT2D eigenvalue weighted by Gasteiger charge is 2.24. The zero-order valence-electron chi connectivity index (χ0n) is 21.3. The molecule has 0 unspecified atom stereocenters. The van der Waals surface area contributed by atoms with Gasteiger partial charge in [0.25, 0.3) is 0 Å². The topological polar surface area (TPSA) is 88.7 Å². The number of aromatic nitrogens is 2. The van der Waals surface area contributed by atoms with Crippen molar-refractivity contribution in [3.05, 3.63) is 58.3 Å². The first-order valence-electron chi connectivity index (χ1n) is 12.4. The zero-order valence-corrected chi connectivity index (χ0v) is 21.3. The number of nitrogen functional groups attached to an aromatic ring is 1. The predicted molar refractivity (Wildman–Crippen MR) is 144 cm³/mol. The van der Waals surface area contributed by atoms with Crippen LogP contribution in [0.25, 0.3) is 11.1 Å². The molecule has 35 heavy (non-hydrogen) atoms. The minimum atomic E-state index is 0.294. The Hall–Kier alpha value is -3.61. The Bertz CT molecular complexity index is 1310. The van der Waals surface area contributed by atoms with Gasteiger partial charge in [-0.1, -0.05) is 26.0 Å². The van der Waals surface area contributed by atoms with E-state index in [0.717, 1.165) is 65.0 Å². The number of rotatable bonds is 4. The summed E-state index contributed by atoms with van der Waals surface area (Å²) in [6, 6.07) is 11.1. The molecular formula is C28H34N6O. The molecule has 0 saturated heterocycles. The van der Waals surface area contributed by atoms with Crippen molar-refractivity contribution in [2.24, 2.45) is 4.99 Å². The highest BCUT2D eigenvalue weighted by molar-refractivity contribution is 6.03. The number of amidine groups is 1. The molecular weight excluding hydrogens is 436 g/mol. The molecule has 3 aromatic rings. The molecule has 7 nitrogen and oxygen atoms in total. The number of anilines is 3. The maximum absolute atomic E-state index is 6.25. The summed E-state index contributed by atoms with van der Waals surface area (Å²) in [5.41, 5.74) is 15.3. The molecule has 2 aliphatic heterocycles. The van der Waals surface area contributed by atoms with Gasteiger partial charge in [0.2, 0.25) is 5.95 Å². The molecule has 0 bridgehead atoms. The smallest absolute Gasteiger partial charge is 0.222 e. The van der Waals surface area contributed by atoms with Crippen LogP contribution in [0, 0.1) is 13.8 Å². The number of hydrogen-bond acceptors (Lipinski definition) is 6. The van der Waals surface area contributed by atoms with Gasteiger partial charge < -0.3 is 20.7 Å². The van der Waals surface area contributed by atoms with Gasteiger partial charge in [-0.3, -0.25) is 4.99 Å². The fraction of sp³-hybridized carbons (Fsp3) is 0.393. The van der Waals surface area contributed by atoms with Crippen LogP contribution in [0.15, 0.2) is 35.3 Å². The summed E-state index contributed by atoms with van der Waals surface area (Å²) in [6.07, 6.45) is 0.870. The lowest BCUT2D eigenvalue weighted by atomic mass is 9.97. The maximum atomic E-state index is 6.25. The van der Waals surface area contributed by atoms with E-state index in [4.69, 9.17) is 10.5 Å². The largest absolute Gasteiger partial charge is 0.491 e. The van der Waals surface area contributed by atoms with Crippen molar-refractivity contribution in [1.29, 1.82) is 0 Å². The molecule has 182 valence electrons. The Balaban J connectivity index is 1.52. The number of ether oxygens (including phenoxy) is 1. The van der Waals surface area contributed by atoms with E-state index in [1.165, 1.54) is 16.7 Å². The van der Waals surface area contributed by atoms with Crippen molar-refractivity contribution in [3.63, 3.8) is 0 Å². The molecule has 0 radical (unpaired) electrons. The summed E-state index contributed by atoms with van der Waals surface area (Å²) in [7, 11) is 0. The summed E-state index contributed by atoms with van der Waals surface area (Å²) in [5, 5.41) is 3.48. The highest BCUT2D eigenvalue weighted by Crippen LogP contribution is 2.37. The van der Waals surface area contributed by atoms with E-state index in [-0.39, 0.29) is 0 Å². The lowest BCUT2D eigenvalue weighted by molar-refractivity contribution is 0.329. The quantitative estimate of drug-likeness (QED) is 0.541. The average molecular weight is 471 g/mol. The molecule has 3 heterocycles. The van der Waals surface area contributed by atoms with E-state index < -0.39 is 0 Å². The SMILES string of the molecule is CCN=C1Cc2ccc(-c3cc(C)c4c(c3)CN(c3nc(N)nc(C)c3C(C)C)CCO4)cc2N1. The van der Waals surface area contributed by atoms with Crippen molar-refractivity contribution in [3.8, 4) is 16.9 Å². The second-order valence-corrected chi connectivity index (χ2v) is 9.71. The first-order chi connectivity index (χ1) is 16.8. The van der Waals surface area contributed by atoms with E-state index >= 15 is 0 Å². The molecule has 2 aliphatic rings. The number of benzene rings is 2. The van der Waals surface area contributed by atoms with Crippen LogP contribution in [-0.2, 0) is 13.0 Å². The van der Waals surface area contributed by atoms with Crippen LogP contribution in [0.4, 0.5) is 17.5 Å². The van der Waals surface area contributed by atoms with Crippen molar-refractivity contribution < 1.29 is 4.74 Å². The molecule has 0 saturated carbocycles. The van der Waals surface area contributed by atoms with Gasteiger partial charge in [0, 0.05) is 42.0 Å². The zero-order chi connectivity index (χ0) is 24.7. The molecule has 7 heteroatoms. The molecule has 3 N–H and O–H groups in total. The van der Waals surface area contributed by atoms with Gasteiger partial charge in [0.05, 0.1) is 6.54 Å². The molecule has 5 rings (SSSR count). The number of hydrogen-bond donors (Lipinski definition) is 2. The second-order valence-electron chi connectivity index (χ2n) is 9.71. The van der Waals surface area contributed by atoms with E-state index in [1.54, 1.807) is 0 Å². The fourth-order valence-corrected chi connectivity index (χ4v) is 5.26. The van der Waals surface area contributed by atoms with Gasteiger partial charge in [-0.15, -0.1) is 0 Å². The summed E-state index contributed by atoms with van der Waals surface area (Å²) in [4.78, 5) is 15.9. The Morgan fingerprint density at radius 1 is 1.11 bits per heavy atom. The van der Waals surface area contributed by atoms with Crippen molar-refractivity contribution in [2.45, 2.75) is 53.5 Å². The van der Waals surface area contributed by atoms with Crippen molar-refractivity contribution in [2.75, 3.05) is 35.6 Å². The fourth-order valence-electron chi connectivity index (χ4n) is 5.26. The number of aryl methyl sites for hydroxylation is 2. The Labute approximate surface area is 207 Å². The Morgan fingerprint density at radius 3 is 2.71 bits per heavy atom. The van der Waals surface area contributed by atoms with Gasteiger partial charge in [-0.2, -0.15) is 4.98 Å². The summed E-state index contributed by atoms with van der Waals surface area (Å²) < 4.78 is 6.25. The standard InChI is InChI=1S/C28H34N6O/c1-6-30-24-14-20-8-7-19(13-23(20)32-24)21-11-17(4)26-22(12-21)15-34(9-10-35-26)27-25(16(2)3)18(5)31-28(29)33-27/h7-8,11-13,16H,6,9-10,14-15H2,1-5H3,(H,30,32)(H2,29,31,33). The normalized spacial score (nSPS) is 16.1. The van der Waals surface area contributed by atoms with Gasteiger partial charge >= 0.3 is 0 Å². The third kappa shape index (κ3) is 4.43. The van der Waals surface area contributed by atoms with Crippen molar-refractivity contribution in [1.82, 2.24) is 9.97 Å². The monoisotopic (exact) mass is 470 g/mol. The maximum Gasteiger partial charge on any atom is 0.222 e. The highest BCUT2D eigenvalue weighted by atomic mass is 16.5. The second kappa shape index (κ2) is 9.21. The van der Waals surface area contributed by atoms with Gasteiger partial charge in [-0.25, -0.2) is 4.98 Å². The number of aliphatic imine (C=N–C) groups is 1. The molecule has 2 aromatic carbocycles. The average Bonchev–Trinajstić information content (AvgIpc) is 3.07. The first-order valence-corrected chi connectivity index (χ1v) is 12.4. The lowest BCUT2D eigenvalue weighted by Crippen LogP contribution is -2.28. The van der Waals surface area contributed by atoms with E-state index in [0.29, 0.717) is 25.0 Å². The van der Waals surface area contributed by atoms with Crippen LogP contribution >= 0.6 is 0 Å². The van der Waals surface area contributed by atoms with Crippen LogP contribution in [0.5, 0.6) is 5.75 Å². The van der Waals surface area contributed by atoms with Crippen LogP contribution in [-0.4, -0.2) is 35.5 Å². The van der Waals surface area contributed by atoms with E-state index in [9.17, 15) is 0 Å². The molecule has 1 aromatic heterocycles. The van der Waals surface area contributed by atoms with Crippen LogP contribution in [0.2, 0.25) is 0 Å². The summed E-state index contributed by atoms with van der Waals surface area (Å²) in [6.45, 7) is 13.4. The lowest BCUT2D eigenvalue weighted by Gasteiger charge is -2.26. The van der Waals surface area contributed by atoms with Crippen LogP contribution in [0.3, 0.4) is 0 Å². The third-order valence-electron chi connectivity index (χ3n) is 6.76. The molecule has 0 atom stereocenters. The number of fused-ring (bicyclic) bond motifs is 2. The summed E-state index contributed by atoms with van der Waals surface area (Å²) in [5.74, 6) is 3.53. The summed E-state index contributed by atoms with van der Waals surface area (Å²) >= 11 is 0. The van der Waals surface area contributed by atoms with Crippen LogP contribution in [0.1, 0.15) is 54.6 Å². The predicted octanol–water partition coefficient (Wildman–Crippen LogP) is 5.25. The molecule has 0 amide bonds. The molecule has 0 spiro atoms. The number of nitrogens with one attached hydrogen (secondary N) is 1. The Kier molecular flexibility index (Phi) is 6.09. The van der Waals surface area contributed by atoms with Gasteiger partial charge in [0.1, 0.15) is 24.0 Å². The minimum absolute atomic E-state index is 0.294. The third-order valence-corrected chi connectivity index (χ3v) is 6.76. The number of nitrogens with zero attached hydrogens (tertiary/aromatic N) is 4. The van der Waals surface area contributed by atoms with Crippen molar-refractivity contribution >= 4 is 23.3 Å². The molecule has 0 fully saturated rings. The minimum Gasteiger partial charge on any atom is -0.491 e. The Morgan fingerprint density at radius 2 is 1.94 bits per heavy atom. The van der Waals surface area contributed by atoms with Gasteiger partial charge in [-0.05, 0) is 67.1 Å².